The number of hydrogen-bond acceptors (Lipinski definition) is 4. The van der Waals surface area contributed by atoms with Crippen LogP contribution in [0.2, 0.25) is 5.15 Å². The summed E-state index contributed by atoms with van der Waals surface area (Å²) in [6.45, 7) is 2.42. The summed E-state index contributed by atoms with van der Waals surface area (Å²) in [6, 6.07) is 1.30. The molecule has 0 atom stereocenters. The maximum Gasteiger partial charge on any atom is 0.255 e. The van der Waals surface area contributed by atoms with E-state index in [1.54, 1.807) is 17.5 Å². The molecule has 0 aliphatic carbocycles. The number of aryl methyl sites for hydroxylation is 1. The third kappa shape index (κ3) is 2.43. The summed E-state index contributed by atoms with van der Waals surface area (Å²) in [7, 11) is 0. The van der Waals surface area contributed by atoms with Crippen molar-refractivity contribution in [1.82, 2.24) is 14.5 Å². The number of nitrogens with zero attached hydrogens (tertiary/aromatic N) is 3. The van der Waals surface area contributed by atoms with E-state index < -0.39 is 0 Å². The molecule has 2 aromatic rings. The van der Waals surface area contributed by atoms with Crippen LogP contribution in [0.15, 0.2) is 23.4 Å². The van der Waals surface area contributed by atoms with Gasteiger partial charge >= 0.3 is 0 Å². The molecule has 0 N–H and O–H groups in total. The number of thiazole rings is 1. The summed E-state index contributed by atoms with van der Waals surface area (Å²) in [4.78, 5) is 20.5. The third-order valence-electron chi connectivity index (χ3n) is 1.84. The van der Waals surface area contributed by atoms with Crippen LogP contribution in [-0.2, 0) is 6.54 Å². The minimum absolute atomic E-state index is 0.152. The summed E-state index contributed by atoms with van der Waals surface area (Å²) in [6.07, 6.45) is 3.21. The van der Waals surface area contributed by atoms with Gasteiger partial charge in [-0.3, -0.25) is 9.36 Å². The quantitative estimate of drug-likeness (QED) is 0.752. The average molecular weight is 242 g/mol. The van der Waals surface area contributed by atoms with Gasteiger partial charge in [0.15, 0.2) is 0 Å². The monoisotopic (exact) mass is 241 g/mol. The zero-order valence-corrected chi connectivity index (χ0v) is 9.55. The molecule has 0 fully saturated rings. The standard InChI is InChI=1S/C9H8ClN3OS/c1-6-11-3-7(15-6)4-13-5-12-8(10)2-9(13)14/h2-3,5H,4H2,1H3. The van der Waals surface area contributed by atoms with Crippen LogP contribution >= 0.6 is 22.9 Å². The molecule has 2 heterocycles. The number of halogens is 1. The highest BCUT2D eigenvalue weighted by atomic mass is 35.5. The Morgan fingerprint density at radius 1 is 1.53 bits per heavy atom. The first-order valence-corrected chi connectivity index (χ1v) is 5.48. The fourth-order valence-electron chi connectivity index (χ4n) is 1.17. The summed E-state index contributed by atoms with van der Waals surface area (Å²) in [5.74, 6) is 0. The summed E-state index contributed by atoms with van der Waals surface area (Å²) in [5.41, 5.74) is -0.152. The van der Waals surface area contributed by atoms with Gasteiger partial charge in [0.25, 0.3) is 5.56 Å². The molecule has 0 amide bonds. The van der Waals surface area contributed by atoms with Crippen molar-refractivity contribution in [3.63, 3.8) is 0 Å². The molecule has 0 unspecified atom stereocenters. The van der Waals surface area contributed by atoms with Gasteiger partial charge in [0, 0.05) is 17.1 Å². The van der Waals surface area contributed by atoms with Crippen molar-refractivity contribution in [2.45, 2.75) is 13.5 Å². The molecule has 6 heteroatoms. The van der Waals surface area contributed by atoms with Crippen LogP contribution in [0.25, 0.3) is 0 Å². The van der Waals surface area contributed by atoms with Crippen molar-refractivity contribution in [3.05, 3.63) is 44.0 Å². The molecule has 78 valence electrons. The van der Waals surface area contributed by atoms with E-state index in [1.807, 2.05) is 6.92 Å². The average Bonchev–Trinajstić information content (AvgIpc) is 2.56. The molecular weight excluding hydrogens is 234 g/mol. The van der Waals surface area contributed by atoms with Crippen molar-refractivity contribution in [1.29, 1.82) is 0 Å². The van der Waals surface area contributed by atoms with Crippen molar-refractivity contribution in [2.75, 3.05) is 0 Å². The minimum Gasteiger partial charge on any atom is -0.294 e. The Morgan fingerprint density at radius 2 is 2.33 bits per heavy atom. The van der Waals surface area contributed by atoms with Crippen molar-refractivity contribution in [3.8, 4) is 0 Å². The SMILES string of the molecule is Cc1ncc(Cn2cnc(Cl)cc2=O)s1. The van der Waals surface area contributed by atoms with E-state index in [-0.39, 0.29) is 10.7 Å². The van der Waals surface area contributed by atoms with E-state index >= 15 is 0 Å². The molecule has 4 nitrogen and oxygen atoms in total. The van der Waals surface area contributed by atoms with Gasteiger partial charge < -0.3 is 0 Å². The Morgan fingerprint density at radius 3 is 2.93 bits per heavy atom. The minimum atomic E-state index is -0.152. The van der Waals surface area contributed by atoms with Crippen molar-refractivity contribution < 1.29 is 0 Å². The van der Waals surface area contributed by atoms with E-state index in [9.17, 15) is 4.79 Å². The molecular formula is C9H8ClN3OS. The first-order valence-electron chi connectivity index (χ1n) is 4.28. The Labute approximate surface area is 95.2 Å². The Bertz CT molecular complexity index is 534. The van der Waals surface area contributed by atoms with E-state index in [0.29, 0.717) is 6.54 Å². The van der Waals surface area contributed by atoms with Gasteiger partial charge in [0.05, 0.1) is 17.9 Å². The van der Waals surface area contributed by atoms with E-state index in [0.717, 1.165) is 9.88 Å². The maximum atomic E-state index is 11.5. The molecule has 0 aromatic carbocycles. The number of aromatic nitrogens is 3. The largest absolute Gasteiger partial charge is 0.294 e. The van der Waals surface area contributed by atoms with E-state index in [1.165, 1.54) is 17.0 Å². The molecule has 0 aliphatic heterocycles. The number of rotatable bonds is 2. The predicted molar refractivity (Wildman–Crippen MR) is 59.5 cm³/mol. The topological polar surface area (TPSA) is 47.8 Å². The summed E-state index contributed by atoms with van der Waals surface area (Å²) < 4.78 is 1.50. The molecule has 0 aliphatic rings. The molecule has 15 heavy (non-hydrogen) atoms. The van der Waals surface area contributed by atoms with Crippen molar-refractivity contribution >= 4 is 22.9 Å². The Hall–Kier alpha value is -1.20. The molecule has 2 aromatic heterocycles. The van der Waals surface area contributed by atoms with Crippen LogP contribution in [0, 0.1) is 6.92 Å². The van der Waals surface area contributed by atoms with E-state index in [4.69, 9.17) is 11.6 Å². The zero-order valence-electron chi connectivity index (χ0n) is 7.98. The third-order valence-corrected chi connectivity index (χ3v) is 2.95. The van der Waals surface area contributed by atoms with Crippen LogP contribution in [-0.4, -0.2) is 14.5 Å². The van der Waals surface area contributed by atoms with Crippen LogP contribution < -0.4 is 5.56 Å². The highest BCUT2D eigenvalue weighted by Gasteiger charge is 2.02. The smallest absolute Gasteiger partial charge is 0.255 e. The van der Waals surface area contributed by atoms with Gasteiger partial charge in [0.2, 0.25) is 0 Å². The molecule has 0 saturated carbocycles. The van der Waals surface area contributed by atoms with Crippen molar-refractivity contribution in [2.24, 2.45) is 0 Å². The lowest BCUT2D eigenvalue weighted by Gasteiger charge is -2.01. The van der Waals surface area contributed by atoms with Crippen LogP contribution in [0.4, 0.5) is 0 Å². The molecule has 0 spiro atoms. The second kappa shape index (κ2) is 4.12. The lowest BCUT2D eigenvalue weighted by molar-refractivity contribution is 0.744. The first-order chi connectivity index (χ1) is 7.15. The van der Waals surface area contributed by atoms with Crippen LogP contribution in [0.3, 0.4) is 0 Å². The second-order valence-electron chi connectivity index (χ2n) is 3.02. The molecule has 0 radical (unpaired) electrons. The van der Waals surface area contributed by atoms with Gasteiger partial charge in [-0.05, 0) is 6.92 Å². The number of hydrogen-bond donors (Lipinski definition) is 0. The van der Waals surface area contributed by atoms with E-state index in [2.05, 4.69) is 9.97 Å². The summed E-state index contributed by atoms with van der Waals surface area (Å²) >= 11 is 7.15. The van der Waals surface area contributed by atoms with Gasteiger partial charge in [-0.1, -0.05) is 11.6 Å². The van der Waals surface area contributed by atoms with Gasteiger partial charge in [-0.2, -0.15) is 0 Å². The maximum absolute atomic E-state index is 11.5. The van der Waals surface area contributed by atoms with Gasteiger partial charge in [0.1, 0.15) is 5.15 Å². The molecule has 2 rings (SSSR count). The second-order valence-corrected chi connectivity index (χ2v) is 4.73. The van der Waals surface area contributed by atoms with Crippen LogP contribution in [0.5, 0.6) is 0 Å². The molecule has 0 saturated heterocycles. The predicted octanol–water partition coefficient (Wildman–Crippen LogP) is 1.71. The highest BCUT2D eigenvalue weighted by molar-refractivity contribution is 7.11. The lowest BCUT2D eigenvalue weighted by Crippen LogP contribution is -2.19. The Kier molecular flexibility index (Phi) is 2.83. The highest BCUT2D eigenvalue weighted by Crippen LogP contribution is 2.12. The fraction of sp³-hybridized carbons (Fsp3) is 0.222. The normalized spacial score (nSPS) is 10.5. The lowest BCUT2D eigenvalue weighted by atomic mass is 10.5. The first kappa shape index (κ1) is 10.3. The Balaban J connectivity index is 2.28. The van der Waals surface area contributed by atoms with Gasteiger partial charge in [-0.15, -0.1) is 11.3 Å². The van der Waals surface area contributed by atoms with Crippen LogP contribution in [0.1, 0.15) is 9.88 Å². The summed E-state index contributed by atoms with van der Waals surface area (Å²) in [5, 5.41) is 1.21. The fourth-order valence-corrected chi connectivity index (χ4v) is 2.10. The van der Waals surface area contributed by atoms with Gasteiger partial charge in [-0.25, -0.2) is 9.97 Å². The molecule has 0 bridgehead atoms. The zero-order chi connectivity index (χ0) is 10.8.